The molecule has 3 heterocycles. The molecule has 0 unspecified atom stereocenters. The summed E-state index contributed by atoms with van der Waals surface area (Å²) in [5, 5.41) is 6.95. The molecule has 1 aromatic rings. The molecule has 0 aromatic carbocycles. The topological polar surface area (TPSA) is 76.9 Å². The van der Waals surface area contributed by atoms with Gasteiger partial charge in [-0.25, -0.2) is 0 Å². The van der Waals surface area contributed by atoms with Crippen molar-refractivity contribution in [1.29, 1.82) is 0 Å². The van der Waals surface area contributed by atoms with Crippen molar-refractivity contribution in [2.24, 2.45) is 11.0 Å². The van der Waals surface area contributed by atoms with E-state index in [2.05, 4.69) is 25.2 Å². The summed E-state index contributed by atoms with van der Waals surface area (Å²) < 4.78 is 0. The van der Waals surface area contributed by atoms with Crippen LogP contribution in [-0.4, -0.2) is 30.7 Å². The van der Waals surface area contributed by atoms with Crippen LogP contribution in [0.1, 0.15) is 0 Å². The second-order valence-electron chi connectivity index (χ2n) is 4.23. The average Bonchev–Trinajstić information content (AvgIpc) is 2.61. The van der Waals surface area contributed by atoms with Gasteiger partial charge < -0.3 is 10.2 Å². The molecule has 82 valence electrons. The molecular weight excluding hydrogens is 204 g/mol. The predicted molar refractivity (Wildman–Crippen MR) is 60.5 cm³/mol. The average molecular weight is 216 g/mol. The molecule has 16 heavy (non-hydrogen) atoms. The summed E-state index contributed by atoms with van der Waals surface area (Å²) in [6.45, 7) is 3.22. The first-order valence-electron chi connectivity index (χ1n) is 5.36. The van der Waals surface area contributed by atoms with E-state index >= 15 is 0 Å². The smallest absolute Gasteiger partial charge is 0.0579 e. The predicted octanol–water partition coefficient (Wildman–Crippen LogP) is 1.43. The summed E-state index contributed by atoms with van der Waals surface area (Å²) in [4.78, 5) is 9.18. The number of azide groups is 1. The molecule has 2 atom stereocenters. The van der Waals surface area contributed by atoms with Crippen molar-refractivity contribution in [1.82, 2.24) is 10.3 Å². The van der Waals surface area contributed by atoms with Crippen LogP contribution in [0.5, 0.6) is 0 Å². The van der Waals surface area contributed by atoms with Crippen molar-refractivity contribution >= 4 is 11.4 Å². The number of hydrogen-bond donors (Lipinski definition) is 1. The van der Waals surface area contributed by atoms with Crippen molar-refractivity contribution in [3.05, 3.63) is 28.9 Å². The van der Waals surface area contributed by atoms with E-state index in [0.29, 0.717) is 11.7 Å². The molecule has 2 fully saturated rings. The molecule has 2 aliphatic rings. The quantitative estimate of drug-likeness (QED) is 0.461. The highest BCUT2D eigenvalue weighted by molar-refractivity contribution is 5.56. The molecule has 0 spiro atoms. The van der Waals surface area contributed by atoms with E-state index in [1.165, 1.54) is 0 Å². The second-order valence-corrected chi connectivity index (χ2v) is 4.23. The van der Waals surface area contributed by atoms with Gasteiger partial charge >= 0.3 is 0 Å². The van der Waals surface area contributed by atoms with Crippen LogP contribution < -0.4 is 10.2 Å². The zero-order valence-electron chi connectivity index (χ0n) is 8.74. The Morgan fingerprint density at radius 1 is 1.50 bits per heavy atom. The molecule has 0 radical (unpaired) electrons. The minimum atomic E-state index is 0.578. The summed E-state index contributed by atoms with van der Waals surface area (Å²) in [7, 11) is 0. The maximum Gasteiger partial charge on any atom is 0.0579 e. The summed E-state index contributed by atoms with van der Waals surface area (Å²) in [6, 6.07) is 2.48. The third kappa shape index (κ3) is 1.39. The van der Waals surface area contributed by atoms with Gasteiger partial charge in [-0.05, 0) is 11.6 Å². The summed E-state index contributed by atoms with van der Waals surface area (Å²) in [5.41, 5.74) is 10.0. The molecule has 6 nitrogen and oxygen atoms in total. The van der Waals surface area contributed by atoms with Gasteiger partial charge in [0.2, 0.25) is 0 Å². The number of pyridine rings is 1. The van der Waals surface area contributed by atoms with E-state index in [4.69, 9.17) is 5.53 Å². The first kappa shape index (κ1) is 9.45. The van der Waals surface area contributed by atoms with Gasteiger partial charge in [-0.2, -0.15) is 0 Å². The van der Waals surface area contributed by atoms with Crippen LogP contribution in [0.2, 0.25) is 0 Å². The summed E-state index contributed by atoms with van der Waals surface area (Å²) in [5.74, 6) is 0.767. The lowest BCUT2D eigenvalue weighted by molar-refractivity contribution is 0.365. The molecule has 0 saturated carbocycles. The fourth-order valence-corrected chi connectivity index (χ4v) is 2.50. The van der Waals surface area contributed by atoms with Crippen molar-refractivity contribution in [3.63, 3.8) is 0 Å². The monoisotopic (exact) mass is 216 g/mol. The van der Waals surface area contributed by atoms with Gasteiger partial charge in [-0.3, -0.25) is 4.98 Å². The van der Waals surface area contributed by atoms with Crippen LogP contribution in [0.15, 0.2) is 23.6 Å². The molecule has 0 amide bonds. The number of nitrogens with one attached hydrogen (secondary N) is 1. The van der Waals surface area contributed by atoms with Crippen LogP contribution in [0.3, 0.4) is 0 Å². The van der Waals surface area contributed by atoms with Crippen LogP contribution >= 0.6 is 0 Å². The number of anilines is 1. The van der Waals surface area contributed by atoms with E-state index < -0.39 is 0 Å². The Bertz CT molecular complexity index is 452. The number of hydrogen-bond acceptors (Lipinski definition) is 4. The highest BCUT2D eigenvalue weighted by atomic mass is 15.3. The first-order valence-corrected chi connectivity index (χ1v) is 5.36. The lowest BCUT2D eigenvalue weighted by Gasteiger charge is -2.45. The van der Waals surface area contributed by atoms with Gasteiger partial charge in [0.05, 0.1) is 17.6 Å². The Labute approximate surface area is 92.9 Å². The minimum Gasteiger partial charge on any atom is -0.365 e. The van der Waals surface area contributed by atoms with Gasteiger partial charge in [-0.1, -0.05) is 5.11 Å². The van der Waals surface area contributed by atoms with Crippen molar-refractivity contribution in [2.75, 3.05) is 24.5 Å². The van der Waals surface area contributed by atoms with Gasteiger partial charge in [0.1, 0.15) is 0 Å². The van der Waals surface area contributed by atoms with Crippen LogP contribution in [0, 0.1) is 5.92 Å². The molecule has 1 N–H and O–H groups in total. The van der Waals surface area contributed by atoms with Gasteiger partial charge in [0.25, 0.3) is 0 Å². The normalized spacial score (nSPS) is 26.9. The Kier molecular flexibility index (Phi) is 2.16. The summed E-state index contributed by atoms with van der Waals surface area (Å²) in [6.07, 6.45) is 3.40. The fraction of sp³-hybridized carbons (Fsp3) is 0.500. The zero-order chi connectivity index (χ0) is 11.0. The highest BCUT2D eigenvalue weighted by Crippen LogP contribution is 2.34. The fourth-order valence-electron chi connectivity index (χ4n) is 2.50. The third-order valence-corrected chi connectivity index (χ3v) is 3.34. The van der Waals surface area contributed by atoms with Crippen molar-refractivity contribution < 1.29 is 0 Å². The molecule has 0 aliphatic carbocycles. The van der Waals surface area contributed by atoms with Gasteiger partial charge in [-0.15, -0.1) is 0 Å². The first-order chi connectivity index (χ1) is 7.88. The lowest BCUT2D eigenvalue weighted by Crippen LogP contribution is -2.55. The molecule has 3 rings (SSSR count). The number of rotatable bonds is 2. The standard InChI is InChI=1S/C10H12N6/c11-15-14-8-1-9(4-13-3-8)16-6-7-2-12-5-10(7)16/h1,3-4,7,10,12H,2,5-6H2/t7-,10-/m0/s1. The number of fused-ring (bicyclic) bond motifs is 1. The summed E-state index contributed by atoms with van der Waals surface area (Å²) >= 11 is 0. The largest absolute Gasteiger partial charge is 0.365 e. The maximum atomic E-state index is 8.38. The maximum absolute atomic E-state index is 8.38. The van der Waals surface area contributed by atoms with Gasteiger partial charge in [0, 0.05) is 42.7 Å². The molecule has 6 heteroatoms. The Morgan fingerprint density at radius 2 is 2.44 bits per heavy atom. The van der Waals surface area contributed by atoms with Crippen LogP contribution in [-0.2, 0) is 0 Å². The van der Waals surface area contributed by atoms with Crippen LogP contribution in [0.25, 0.3) is 10.4 Å². The highest BCUT2D eigenvalue weighted by Gasteiger charge is 2.42. The second kappa shape index (κ2) is 3.66. The SMILES string of the molecule is [N-]=[N+]=Nc1cncc(N2C[C@@H]3CNC[C@@H]32)c1. The van der Waals surface area contributed by atoms with Crippen LogP contribution in [0.4, 0.5) is 11.4 Å². The molecule has 2 saturated heterocycles. The molecule has 1 aromatic heterocycles. The van der Waals surface area contributed by atoms with E-state index in [-0.39, 0.29) is 0 Å². The van der Waals surface area contributed by atoms with Crippen molar-refractivity contribution in [3.8, 4) is 0 Å². The molecule has 0 bridgehead atoms. The minimum absolute atomic E-state index is 0.578. The van der Waals surface area contributed by atoms with E-state index in [0.717, 1.165) is 31.2 Å². The Balaban J connectivity index is 1.84. The Morgan fingerprint density at radius 3 is 3.25 bits per heavy atom. The third-order valence-electron chi connectivity index (χ3n) is 3.34. The zero-order valence-corrected chi connectivity index (χ0v) is 8.74. The van der Waals surface area contributed by atoms with E-state index in [1.807, 2.05) is 12.3 Å². The molecule has 2 aliphatic heterocycles. The number of nitrogens with zero attached hydrogens (tertiary/aromatic N) is 5. The Hall–Kier alpha value is -1.78. The van der Waals surface area contributed by atoms with Gasteiger partial charge in [0.15, 0.2) is 0 Å². The number of aromatic nitrogens is 1. The van der Waals surface area contributed by atoms with Crippen molar-refractivity contribution in [2.45, 2.75) is 6.04 Å². The van der Waals surface area contributed by atoms with E-state index in [9.17, 15) is 0 Å². The lowest BCUT2D eigenvalue weighted by atomic mass is 9.91. The van der Waals surface area contributed by atoms with E-state index in [1.54, 1.807) is 6.20 Å². The molecular formula is C10H12N6.